The lowest BCUT2D eigenvalue weighted by Crippen LogP contribution is -2.51. The first-order valence-corrected chi connectivity index (χ1v) is 11.5. The van der Waals surface area contributed by atoms with E-state index in [4.69, 9.17) is 9.47 Å². The number of imide groups is 1. The van der Waals surface area contributed by atoms with E-state index < -0.39 is 46.9 Å². The number of Topliss-reactive ketones (excluding diaryl/α,β-unsaturated/α-hetero) is 2. The molecule has 0 aromatic heterocycles. The van der Waals surface area contributed by atoms with E-state index in [2.05, 4.69) is 0 Å². The van der Waals surface area contributed by atoms with Gasteiger partial charge in [0.15, 0.2) is 0 Å². The average Bonchev–Trinajstić information content (AvgIpc) is 3.45. The number of hydrogen-bond donors (Lipinski definition) is 0. The molecule has 6 rings (SSSR count). The van der Waals surface area contributed by atoms with Gasteiger partial charge >= 0.3 is 0 Å². The van der Waals surface area contributed by atoms with Crippen molar-refractivity contribution >= 4 is 29.1 Å². The molecular formula is C28H21NO6. The molecule has 2 amide bonds. The molecule has 2 aliphatic heterocycles. The third-order valence-electron chi connectivity index (χ3n) is 7.05. The summed E-state index contributed by atoms with van der Waals surface area (Å²) >= 11 is 0. The van der Waals surface area contributed by atoms with E-state index in [9.17, 15) is 19.2 Å². The zero-order chi connectivity index (χ0) is 24.3. The van der Waals surface area contributed by atoms with Crippen LogP contribution in [0.25, 0.3) is 0 Å². The molecule has 1 aliphatic carbocycles. The highest BCUT2D eigenvalue weighted by Gasteiger charge is 2.74. The number of fused-ring (bicyclic) bond motifs is 3. The van der Waals surface area contributed by atoms with E-state index in [1.54, 1.807) is 79.7 Å². The lowest BCUT2D eigenvalue weighted by molar-refractivity contribution is -0.127. The van der Waals surface area contributed by atoms with Gasteiger partial charge in [-0.25, -0.2) is 4.90 Å². The van der Waals surface area contributed by atoms with Gasteiger partial charge < -0.3 is 9.47 Å². The fraction of sp³-hybridized carbons (Fsp3) is 0.214. The van der Waals surface area contributed by atoms with Gasteiger partial charge in [0.25, 0.3) is 0 Å². The Bertz CT molecular complexity index is 1360. The fourth-order valence-corrected chi connectivity index (χ4v) is 5.62. The maximum atomic E-state index is 14.0. The number of rotatable bonds is 4. The first-order valence-electron chi connectivity index (χ1n) is 11.5. The molecule has 0 saturated carbocycles. The predicted molar refractivity (Wildman–Crippen MR) is 125 cm³/mol. The maximum absolute atomic E-state index is 14.0. The van der Waals surface area contributed by atoms with Crippen molar-refractivity contribution < 1.29 is 28.7 Å². The molecule has 0 unspecified atom stereocenters. The highest BCUT2D eigenvalue weighted by Crippen LogP contribution is 2.58. The van der Waals surface area contributed by atoms with Crippen molar-refractivity contribution in [3.05, 3.63) is 95.6 Å². The molecule has 0 bridgehead atoms. The van der Waals surface area contributed by atoms with Crippen LogP contribution in [0.3, 0.4) is 0 Å². The van der Waals surface area contributed by atoms with Crippen LogP contribution in [0.4, 0.5) is 5.69 Å². The monoisotopic (exact) mass is 467 g/mol. The second kappa shape index (κ2) is 7.71. The van der Waals surface area contributed by atoms with Crippen LogP contribution in [-0.4, -0.2) is 35.6 Å². The minimum Gasteiger partial charge on any atom is -0.492 e. The summed E-state index contributed by atoms with van der Waals surface area (Å²) in [6.07, 6.45) is -0.941. The van der Waals surface area contributed by atoms with Crippen LogP contribution >= 0.6 is 0 Å². The van der Waals surface area contributed by atoms with Crippen LogP contribution in [-0.2, 0) is 14.3 Å². The number of anilines is 1. The molecule has 7 nitrogen and oxygen atoms in total. The van der Waals surface area contributed by atoms with Gasteiger partial charge in [-0.15, -0.1) is 0 Å². The summed E-state index contributed by atoms with van der Waals surface area (Å²) in [5.74, 6) is -4.27. The first-order chi connectivity index (χ1) is 17.0. The minimum atomic E-state index is -2.09. The number of para-hydroxylation sites is 2. The summed E-state index contributed by atoms with van der Waals surface area (Å²) < 4.78 is 12.0. The van der Waals surface area contributed by atoms with Crippen molar-refractivity contribution in [2.45, 2.75) is 18.6 Å². The lowest BCUT2D eigenvalue weighted by Gasteiger charge is -2.27. The quantitative estimate of drug-likeness (QED) is 0.429. The highest BCUT2D eigenvalue weighted by molar-refractivity contribution is 6.37. The summed E-state index contributed by atoms with van der Waals surface area (Å²) in [7, 11) is 0. The molecule has 3 atom stereocenters. The molecule has 0 N–H and O–H groups in total. The molecule has 35 heavy (non-hydrogen) atoms. The van der Waals surface area contributed by atoms with Crippen molar-refractivity contribution in [3.63, 3.8) is 0 Å². The summed E-state index contributed by atoms with van der Waals surface area (Å²) in [5.41, 5.74) is -0.762. The maximum Gasteiger partial charge on any atom is 0.241 e. The van der Waals surface area contributed by atoms with Crippen LogP contribution in [0.15, 0.2) is 78.9 Å². The van der Waals surface area contributed by atoms with E-state index in [-0.39, 0.29) is 16.8 Å². The molecule has 2 heterocycles. The topological polar surface area (TPSA) is 90.0 Å². The van der Waals surface area contributed by atoms with E-state index in [0.717, 1.165) is 4.90 Å². The number of carbonyl (C=O) groups is 4. The van der Waals surface area contributed by atoms with Crippen LogP contribution in [0.1, 0.15) is 39.3 Å². The fourth-order valence-electron chi connectivity index (χ4n) is 5.62. The zero-order valence-electron chi connectivity index (χ0n) is 18.8. The van der Waals surface area contributed by atoms with Crippen LogP contribution < -0.4 is 9.64 Å². The Hall–Kier alpha value is -4.10. The molecule has 3 aromatic carbocycles. The van der Waals surface area contributed by atoms with Crippen molar-refractivity contribution in [3.8, 4) is 5.75 Å². The third kappa shape index (κ3) is 2.76. The van der Waals surface area contributed by atoms with E-state index >= 15 is 0 Å². The van der Waals surface area contributed by atoms with Crippen LogP contribution in [0.2, 0.25) is 0 Å². The molecule has 1 spiro atoms. The van der Waals surface area contributed by atoms with E-state index in [0.29, 0.717) is 17.9 Å². The number of nitrogens with zero attached hydrogens (tertiary/aromatic N) is 1. The van der Waals surface area contributed by atoms with Crippen molar-refractivity contribution in [2.24, 2.45) is 11.8 Å². The molecule has 3 aliphatic rings. The number of hydrogen-bond acceptors (Lipinski definition) is 6. The van der Waals surface area contributed by atoms with Crippen LogP contribution in [0.5, 0.6) is 5.75 Å². The van der Waals surface area contributed by atoms with Gasteiger partial charge in [0.05, 0.1) is 30.2 Å². The highest BCUT2D eigenvalue weighted by atomic mass is 16.5. The van der Waals surface area contributed by atoms with E-state index in [1.165, 1.54) is 0 Å². The molecule has 0 radical (unpaired) electrons. The number of ketones is 2. The number of ether oxygens (including phenoxy) is 2. The number of benzene rings is 3. The molecular weight excluding hydrogens is 446 g/mol. The summed E-state index contributed by atoms with van der Waals surface area (Å²) in [4.78, 5) is 56.5. The molecule has 2 saturated heterocycles. The Kier molecular flexibility index (Phi) is 4.72. The van der Waals surface area contributed by atoms with Gasteiger partial charge in [-0.1, -0.05) is 66.7 Å². The van der Waals surface area contributed by atoms with Gasteiger partial charge in [-0.3, -0.25) is 19.2 Å². The van der Waals surface area contributed by atoms with Gasteiger partial charge in [0.2, 0.25) is 29.0 Å². The molecule has 3 aromatic rings. The van der Waals surface area contributed by atoms with Gasteiger partial charge in [-0.2, -0.15) is 0 Å². The molecule has 7 heteroatoms. The van der Waals surface area contributed by atoms with Crippen molar-refractivity contribution in [1.82, 2.24) is 0 Å². The first kappa shape index (κ1) is 21.4. The Balaban J connectivity index is 1.54. The second-order valence-corrected chi connectivity index (χ2v) is 8.80. The average molecular weight is 467 g/mol. The predicted octanol–water partition coefficient (Wildman–Crippen LogP) is 3.78. The third-order valence-corrected chi connectivity index (χ3v) is 7.05. The number of amides is 2. The smallest absolute Gasteiger partial charge is 0.241 e. The Morgan fingerprint density at radius 3 is 2.06 bits per heavy atom. The second-order valence-electron chi connectivity index (χ2n) is 8.80. The zero-order valence-corrected chi connectivity index (χ0v) is 18.8. The summed E-state index contributed by atoms with van der Waals surface area (Å²) in [5, 5.41) is 0. The Morgan fingerprint density at radius 2 is 1.40 bits per heavy atom. The van der Waals surface area contributed by atoms with Gasteiger partial charge in [0, 0.05) is 11.1 Å². The summed E-state index contributed by atoms with van der Waals surface area (Å²) in [6, 6.07) is 22.1. The SMILES string of the molecule is CCOc1ccccc1N1C(=O)[C@@H]2[C@@H](c3ccccc3)OC3(C(=O)c4ccccc4C3=O)[C@@H]2C1=O. The largest absolute Gasteiger partial charge is 0.492 e. The van der Waals surface area contributed by atoms with Gasteiger partial charge in [-0.05, 0) is 24.6 Å². The number of carbonyl (C=O) groups excluding carboxylic acids is 4. The van der Waals surface area contributed by atoms with Crippen LogP contribution in [0, 0.1) is 11.8 Å². The standard InChI is InChI=1S/C28H21NO6/c1-2-34-20-15-9-8-14-19(20)29-26(32)21-22(27(29)33)28(35-23(21)16-10-4-3-5-11-16)24(30)17-12-6-7-13-18(17)25(28)31/h3-15,21-23H,2H2,1H3/t21-,22-,23+/m0/s1. The van der Waals surface area contributed by atoms with Crippen molar-refractivity contribution in [1.29, 1.82) is 0 Å². The Labute approximate surface area is 201 Å². The van der Waals surface area contributed by atoms with Gasteiger partial charge in [0.1, 0.15) is 5.75 Å². The normalized spacial score (nSPS) is 24.3. The van der Waals surface area contributed by atoms with Crippen molar-refractivity contribution in [2.75, 3.05) is 11.5 Å². The minimum absolute atomic E-state index is 0.207. The summed E-state index contributed by atoms with van der Waals surface area (Å²) in [6.45, 7) is 2.15. The lowest BCUT2D eigenvalue weighted by atomic mass is 9.77. The molecule has 174 valence electrons. The Morgan fingerprint density at radius 1 is 0.800 bits per heavy atom. The molecule has 2 fully saturated rings. The van der Waals surface area contributed by atoms with E-state index in [1.807, 2.05) is 6.07 Å².